The zero-order valence-corrected chi connectivity index (χ0v) is 16.3. The summed E-state index contributed by atoms with van der Waals surface area (Å²) in [6, 6.07) is 12.0. The Balaban J connectivity index is 2.09. The van der Waals surface area contributed by atoms with Crippen molar-refractivity contribution in [2.45, 2.75) is 13.3 Å². The number of hydrogen-bond acceptors (Lipinski definition) is 5. The first-order valence-electron chi connectivity index (χ1n) is 8.38. The smallest absolute Gasteiger partial charge is 0.344 e. The van der Waals surface area contributed by atoms with Crippen molar-refractivity contribution in [3.05, 3.63) is 73.3 Å². The van der Waals surface area contributed by atoms with Crippen molar-refractivity contribution in [3.63, 3.8) is 0 Å². The number of benzene rings is 2. The molecule has 0 saturated heterocycles. The number of ether oxygens (including phenoxy) is 1. The van der Waals surface area contributed by atoms with Crippen LogP contribution in [0.3, 0.4) is 0 Å². The minimum atomic E-state index is -0.544. The van der Waals surface area contributed by atoms with Gasteiger partial charge in [-0.05, 0) is 42.3 Å². The lowest BCUT2D eigenvalue weighted by molar-refractivity contribution is 0.409. The van der Waals surface area contributed by atoms with Crippen molar-refractivity contribution in [1.29, 1.82) is 0 Å². The number of methoxy groups -OCH3 is 1. The van der Waals surface area contributed by atoms with Crippen LogP contribution in [0.5, 0.6) is 5.75 Å². The Bertz CT molecular complexity index is 1300. The van der Waals surface area contributed by atoms with Gasteiger partial charge in [0.1, 0.15) is 16.9 Å². The molecule has 0 fully saturated rings. The quantitative estimate of drug-likeness (QED) is 0.435. The predicted molar refractivity (Wildman–Crippen MR) is 108 cm³/mol. The van der Waals surface area contributed by atoms with Crippen LogP contribution in [-0.4, -0.2) is 7.11 Å². The number of aryl methyl sites for hydroxylation is 1. The minimum absolute atomic E-state index is 0.311. The third-order valence-corrected chi connectivity index (χ3v) is 5.00. The summed E-state index contributed by atoms with van der Waals surface area (Å²) < 4.78 is 17.0. The Hall–Kier alpha value is -2.86. The van der Waals surface area contributed by atoms with E-state index in [2.05, 4.69) is 15.9 Å². The first-order chi connectivity index (χ1) is 13.0. The highest BCUT2D eigenvalue weighted by Crippen LogP contribution is 2.32. The topological polar surface area (TPSA) is 69.7 Å². The van der Waals surface area contributed by atoms with Gasteiger partial charge in [-0.1, -0.05) is 22.9 Å². The summed E-state index contributed by atoms with van der Waals surface area (Å²) in [5.74, 6) is 0.639. The van der Waals surface area contributed by atoms with Gasteiger partial charge in [-0.25, -0.2) is 9.59 Å². The molecule has 0 aliphatic rings. The summed E-state index contributed by atoms with van der Waals surface area (Å²) in [5, 5.41) is 1.42. The second kappa shape index (κ2) is 6.70. The van der Waals surface area contributed by atoms with E-state index in [9.17, 15) is 9.59 Å². The number of hydrogen-bond donors (Lipinski definition) is 0. The molecule has 0 aliphatic carbocycles. The molecule has 0 bridgehead atoms. The van der Waals surface area contributed by atoms with Crippen LogP contribution in [0.1, 0.15) is 12.5 Å². The monoisotopic (exact) mass is 426 g/mol. The van der Waals surface area contributed by atoms with Gasteiger partial charge in [0.05, 0.1) is 12.7 Å². The molecule has 0 amide bonds. The van der Waals surface area contributed by atoms with Gasteiger partial charge < -0.3 is 13.6 Å². The molecule has 0 N–H and O–H groups in total. The van der Waals surface area contributed by atoms with E-state index in [1.165, 1.54) is 6.07 Å². The van der Waals surface area contributed by atoms with Gasteiger partial charge in [0.2, 0.25) is 0 Å². The van der Waals surface area contributed by atoms with Crippen LogP contribution in [0.25, 0.3) is 33.1 Å². The average Bonchev–Trinajstić information content (AvgIpc) is 2.66. The largest absolute Gasteiger partial charge is 0.496 e. The van der Waals surface area contributed by atoms with E-state index in [-0.39, 0.29) is 0 Å². The van der Waals surface area contributed by atoms with Crippen molar-refractivity contribution < 1.29 is 13.6 Å². The van der Waals surface area contributed by atoms with Crippen LogP contribution in [0, 0.1) is 0 Å². The first kappa shape index (κ1) is 17.5. The maximum atomic E-state index is 12.6. The molecule has 0 radical (unpaired) electrons. The van der Waals surface area contributed by atoms with Gasteiger partial charge in [-0.15, -0.1) is 0 Å². The highest BCUT2D eigenvalue weighted by molar-refractivity contribution is 9.10. The van der Waals surface area contributed by atoms with Crippen molar-refractivity contribution >= 4 is 37.9 Å². The predicted octanol–water partition coefficient (Wildman–Crippen LogP) is 4.90. The van der Waals surface area contributed by atoms with Crippen LogP contribution in [0.4, 0.5) is 0 Å². The summed E-state index contributed by atoms with van der Waals surface area (Å²) in [4.78, 5) is 24.7. The van der Waals surface area contributed by atoms with E-state index in [0.717, 1.165) is 21.8 Å². The average molecular weight is 427 g/mol. The maximum absolute atomic E-state index is 12.6. The van der Waals surface area contributed by atoms with Crippen molar-refractivity contribution in [1.82, 2.24) is 0 Å². The molecule has 2 heterocycles. The highest BCUT2D eigenvalue weighted by Gasteiger charge is 2.16. The van der Waals surface area contributed by atoms with E-state index in [0.29, 0.717) is 33.4 Å². The van der Waals surface area contributed by atoms with E-state index in [4.69, 9.17) is 13.6 Å². The van der Waals surface area contributed by atoms with E-state index in [1.807, 2.05) is 19.1 Å². The van der Waals surface area contributed by atoms with E-state index >= 15 is 0 Å². The minimum Gasteiger partial charge on any atom is -0.496 e. The molecule has 0 atom stereocenters. The molecule has 136 valence electrons. The molecule has 0 aliphatic heterocycles. The fourth-order valence-corrected chi connectivity index (χ4v) is 3.58. The van der Waals surface area contributed by atoms with Gasteiger partial charge in [0.15, 0.2) is 0 Å². The van der Waals surface area contributed by atoms with Crippen molar-refractivity contribution in [2.24, 2.45) is 0 Å². The lowest BCUT2D eigenvalue weighted by Crippen LogP contribution is -2.07. The molecule has 5 nitrogen and oxygen atoms in total. The molecular formula is C21H15BrO5. The third kappa shape index (κ3) is 3.06. The normalized spacial score (nSPS) is 11.2. The standard InChI is InChI=1S/C21H15BrO5/c1-3-11-7-15-14(9-20(23)26-19(15)10-18(11)25-2)16-8-12-6-13(22)4-5-17(12)27-21(16)24/h4-10H,3H2,1-2H3. The summed E-state index contributed by atoms with van der Waals surface area (Å²) in [6.07, 6.45) is 0.733. The molecular weight excluding hydrogens is 412 g/mol. The van der Waals surface area contributed by atoms with Gasteiger partial charge >= 0.3 is 11.3 Å². The number of rotatable bonds is 3. The zero-order valence-electron chi connectivity index (χ0n) is 14.7. The molecule has 4 rings (SSSR count). The molecule has 6 heteroatoms. The molecule has 2 aromatic carbocycles. The van der Waals surface area contributed by atoms with Crippen LogP contribution in [0.2, 0.25) is 0 Å². The summed E-state index contributed by atoms with van der Waals surface area (Å²) in [6.45, 7) is 2.00. The highest BCUT2D eigenvalue weighted by atomic mass is 79.9. The van der Waals surface area contributed by atoms with Crippen LogP contribution < -0.4 is 16.0 Å². The van der Waals surface area contributed by atoms with Gasteiger partial charge in [0.25, 0.3) is 0 Å². The molecule has 2 aromatic heterocycles. The second-order valence-electron chi connectivity index (χ2n) is 6.12. The van der Waals surface area contributed by atoms with Gasteiger partial charge in [-0.2, -0.15) is 0 Å². The lowest BCUT2D eigenvalue weighted by Gasteiger charge is -2.11. The van der Waals surface area contributed by atoms with Gasteiger partial charge in [0, 0.05) is 32.9 Å². The first-order valence-corrected chi connectivity index (χ1v) is 9.18. The summed E-state index contributed by atoms with van der Waals surface area (Å²) in [7, 11) is 1.57. The Morgan fingerprint density at radius 1 is 0.963 bits per heavy atom. The molecule has 0 saturated carbocycles. The molecule has 0 spiro atoms. The fraction of sp³-hybridized carbons (Fsp3) is 0.143. The Kier molecular flexibility index (Phi) is 4.36. The SMILES string of the molecule is CCc1cc2c(-c3cc4cc(Br)ccc4oc3=O)cc(=O)oc2cc1OC. The fourth-order valence-electron chi connectivity index (χ4n) is 3.21. The Morgan fingerprint density at radius 2 is 1.78 bits per heavy atom. The van der Waals surface area contributed by atoms with E-state index in [1.54, 1.807) is 31.4 Å². The van der Waals surface area contributed by atoms with Crippen molar-refractivity contribution in [2.75, 3.05) is 7.11 Å². The number of halogens is 1. The van der Waals surface area contributed by atoms with Crippen LogP contribution in [0.15, 0.2) is 65.4 Å². The number of fused-ring (bicyclic) bond motifs is 2. The van der Waals surface area contributed by atoms with Crippen LogP contribution >= 0.6 is 15.9 Å². The molecule has 4 aromatic rings. The Morgan fingerprint density at radius 3 is 2.52 bits per heavy atom. The lowest BCUT2D eigenvalue weighted by atomic mass is 9.99. The third-order valence-electron chi connectivity index (χ3n) is 4.51. The molecule has 0 unspecified atom stereocenters. The maximum Gasteiger partial charge on any atom is 0.344 e. The Labute approximate surface area is 162 Å². The summed E-state index contributed by atoms with van der Waals surface area (Å²) >= 11 is 3.42. The van der Waals surface area contributed by atoms with Crippen LogP contribution in [-0.2, 0) is 6.42 Å². The zero-order chi connectivity index (χ0) is 19.1. The summed E-state index contributed by atoms with van der Waals surface area (Å²) in [5.41, 5.74) is 1.53. The second-order valence-corrected chi connectivity index (χ2v) is 7.04. The van der Waals surface area contributed by atoms with Gasteiger partial charge in [-0.3, -0.25) is 0 Å². The van der Waals surface area contributed by atoms with E-state index < -0.39 is 11.3 Å². The van der Waals surface area contributed by atoms with Crippen molar-refractivity contribution in [3.8, 4) is 16.9 Å². The molecule has 27 heavy (non-hydrogen) atoms.